The van der Waals surface area contributed by atoms with Gasteiger partial charge in [0, 0.05) is 29.6 Å². The van der Waals surface area contributed by atoms with Crippen molar-refractivity contribution in [3.05, 3.63) is 59.1 Å². The minimum Gasteiger partial charge on any atom is -0.490 e. The largest absolute Gasteiger partial charge is 0.490 e. The predicted octanol–water partition coefficient (Wildman–Crippen LogP) is 4.61. The molecule has 6 heteroatoms. The summed E-state index contributed by atoms with van der Waals surface area (Å²) in [7, 11) is 2.15. The molecule has 1 fully saturated rings. The molecular weight excluding hydrogens is 392 g/mol. The number of hydrogen-bond donors (Lipinski definition) is 1. The van der Waals surface area contributed by atoms with E-state index in [9.17, 15) is 4.79 Å². The van der Waals surface area contributed by atoms with Gasteiger partial charge in [0.15, 0.2) is 0 Å². The number of carbonyl (C=O) groups is 1. The smallest absolute Gasteiger partial charge is 0.233 e. The second-order valence-electron chi connectivity index (χ2n) is 7.20. The van der Waals surface area contributed by atoms with E-state index in [4.69, 9.17) is 16.3 Å². The molecule has 28 heavy (non-hydrogen) atoms. The lowest BCUT2D eigenvalue weighted by atomic mass is 10.1. The summed E-state index contributed by atoms with van der Waals surface area (Å²) in [5, 5.41) is 3.53. The van der Waals surface area contributed by atoms with Crippen LogP contribution in [0.25, 0.3) is 0 Å². The fourth-order valence-corrected chi connectivity index (χ4v) is 4.10. The Kier molecular flexibility index (Phi) is 7.65. The van der Waals surface area contributed by atoms with Gasteiger partial charge < -0.3 is 15.0 Å². The van der Waals surface area contributed by atoms with Crippen molar-refractivity contribution in [3.8, 4) is 5.75 Å². The monoisotopic (exact) mass is 418 g/mol. The highest BCUT2D eigenvalue weighted by Gasteiger charge is 2.18. The summed E-state index contributed by atoms with van der Waals surface area (Å²) in [4.78, 5) is 15.7. The van der Waals surface area contributed by atoms with Gasteiger partial charge in [0.2, 0.25) is 5.91 Å². The van der Waals surface area contributed by atoms with Gasteiger partial charge in [-0.05, 0) is 68.8 Å². The van der Waals surface area contributed by atoms with E-state index < -0.39 is 0 Å². The van der Waals surface area contributed by atoms with Crippen LogP contribution in [0, 0.1) is 0 Å². The maximum Gasteiger partial charge on any atom is 0.233 e. The fourth-order valence-electron chi connectivity index (χ4n) is 3.08. The predicted molar refractivity (Wildman–Crippen MR) is 116 cm³/mol. The molecule has 1 aliphatic heterocycles. The number of ether oxygens (including phenoxy) is 1. The number of thioether (sulfide) groups is 1. The van der Waals surface area contributed by atoms with E-state index in [0.29, 0.717) is 17.7 Å². The first-order valence-corrected chi connectivity index (χ1v) is 10.9. The Bertz CT molecular complexity index is 759. The van der Waals surface area contributed by atoms with Crippen molar-refractivity contribution in [1.29, 1.82) is 0 Å². The first kappa shape index (κ1) is 21.0. The third-order valence-corrected chi connectivity index (χ3v) is 6.22. The highest BCUT2D eigenvalue weighted by molar-refractivity contribution is 8.00. The lowest BCUT2D eigenvalue weighted by Crippen LogP contribution is -2.35. The molecule has 0 unspecified atom stereocenters. The minimum atomic E-state index is -0.173. The number of nitrogens with one attached hydrogen (secondary N) is 1. The Morgan fingerprint density at radius 2 is 1.82 bits per heavy atom. The lowest BCUT2D eigenvalue weighted by Gasteiger charge is -2.29. The molecule has 0 aliphatic carbocycles. The number of benzene rings is 2. The number of nitrogens with zero attached hydrogens (tertiary/aromatic N) is 1. The van der Waals surface area contributed by atoms with Crippen LogP contribution in [-0.4, -0.2) is 42.3 Å². The van der Waals surface area contributed by atoms with Gasteiger partial charge >= 0.3 is 0 Å². The molecule has 0 aromatic heterocycles. The number of likely N-dealkylation sites (tertiary alicyclic amines) is 1. The molecule has 3 rings (SSSR count). The van der Waals surface area contributed by atoms with Gasteiger partial charge in [0.25, 0.3) is 0 Å². The van der Waals surface area contributed by atoms with Crippen LogP contribution < -0.4 is 10.1 Å². The van der Waals surface area contributed by atoms with E-state index in [1.165, 1.54) is 11.8 Å². The first-order chi connectivity index (χ1) is 13.5. The van der Waals surface area contributed by atoms with Crippen LogP contribution in [0.1, 0.15) is 25.3 Å². The summed E-state index contributed by atoms with van der Waals surface area (Å²) in [6.45, 7) is 4.59. The second kappa shape index (κ2) is 10.2. The normalized spacial score (nSPS) is 16.5. The summed E-state index contributed by atoms with van der Waals surface area (Å²) >= 11 is 7.42. The maximum absolute atomic E-state index is 12.4. The molecule has 0 saturated carbocycles. The van der Waals surface area contributed by atoms with Crippen LogP contribution in [0.4, 0.5) is 0 Å². The SMILES string of the molecule is C[C@@H](Sc1ccc(Cl)cc1)C(=O)NCc1ccc(OC2CCN(C)CC2)cc1. The second-order valence-corrected chi connectivity index (χ2v) is 9.05. The van der Waals surface area contributed by atoms with Gasteiger partial charge in [-0.25, -0.2) is 0 Å². The molecule has 1 aliphatic rings. The van der Waals surface area contributed by atoms with Gasteiger partial charge in [0.05, 0.1) is 5.25 Å². The van der Waals surface area contributed by atoms with E-state index >= 15 is 0 Å². The van der Waals surface area contributed by atoms with E-state index in [2.05, 4.69) is 17.3 Å². The zero-order valence-electron chi connectivity index (χ0n) is 16.4. The van der Waals surface area contributed by atoms with Crippen LogP contribution >= 0.6 is 23.4 Å². The van der Waals surface area contributed by atoms with Crippen molar-refractivity contribution in [3.63, 3.8) is 0 Å². The number of rotatable bonds is 7. The van der Waals surface area contributed by atoms with Gasteiger partial charge in [-0.3, -0.25) is 4.79 Å². The van der Waals surface area contributed by atoms with Gasteiger partial charge in [0.1, 0.15) is 11.9 Å². The Morgan fingerprint density at radius 1 is 1.18 bits per heavy atom. The number of piperidine rings is 1. The summed E-state index contributed by atoms with van der Waals surface area (Å²) in [6.07, 6.45) is 2.43. The molecule has 2 aromatic carbocycles. The molecule has 1 heterocycles. The quantitative estimate of drug-likeness (QED) is 0.666. The molecule has 2 aromatic rings. The Labute approximate surface area is 176 Å². The molecular formula is C22H27ClN2O2S. The van der Waals surface area contributed by atoms with E-state index in [-0.39, 0.29) is 11.2 Å². The summed E-state index contributed by atoms with van der Waals surface area (Å²) in [5.74, 6) is 0.919. The topological polar surface area (TPSA) is 41.6 Å². The van der Waals surface area contributed by atoms with Gasteiger partial charge in [-0.2, -0.15) is 0 Å². The van der Waals surface area contributed by atoms with Gasteiger partial charge in [-0.15, -0.1) is 11.8 Å². The van der Waals surface area contributed by atoms with Crippen LogP contribution in [0.3, 0.4) is 0 Å². The average molecular weight is 419 g/mol. The van der Waals surface area contributed by atoms with E-state index in [0.717, 1.165) is 42.1 Å². The maximum atomic E-state index is 12.4. The molecule has 0 radical (unpaired) electrons. The van der Waals surface area contributed by atoms with E-state index in [1.807, 2.05) is 55.5 Å². The number of amides is 1. The lowest BCUT2D eigenvalue weighted by molar-refractivity contribution is -0.120. The third kappa shape index (κ3) is 6.43. The van der Waals surface area contributed by atoms with Crippen molar-refractivity contribution >= 4 is 29.3 Å². The third-order valence-electron chi connectivity index (χ3n) is 4.85. The molecule has 150 valence electrons. The van der Waals surface area contributed by atoms with Crippen molar-refractivity contribution in [2.45, 2.75) is 42.6 Å². The van der Waals surface area contributed by atoms with Crippen LogP contribution in [0.2, 0.25) is 5.02 Å². The van der Waals surface area contributed by atoms with Crippen molar-refractivity contribution in [2.24, 2.45) is 0 Å². The standard InChI is InChI=1S/C22H27ClN2O2S/c1-16(28-21-9-5-18(23)6-10-21)22(26)24-15-17-3-7-19(8-4-17)27-20-11-13-25(2)14-12-20/h3-10,16,20H,11-15H2,1-2H3,(H,24,26)/t16-/m1/s1. The molecule has 1 N–H and O–H groups in total. The first-order valence-electron chi connectivity index (χ1n) is 9.63. The van der Waals surface area contributed by atoms with Crippen molar-refractivity contribution in [2.75, 3.05) is 20.1 Å². The van der Waals surface area contributed by atoms with Crippen molar-refractivity contribution in [1.82, 2.24) is 10.2 Å². The van der Waals surface area contributed by atoms with Crippen LogP contribution in [0.5, 0.6) is 5.75 Å². The molecule has 1 atom stereocenters. The number of carbonyl (C=O) groups excluding carboxylic acids is 1. The molecule has 1 saturated heterocycles. The highest BCUT2D eigenvalue weighted by atomic mass is 35.5. The van der Waals surface area contributed by atoms with Crippen LogP contribution in [0.15, 0.2) is 53.4 Å². The average Bonchev–Trinajstić information content (AvgIpc) is 2.70. The number of halogens is 1. The highest BCUT2D eigenvalue weighted by Crippen LogP contribution is 2.25. The van der Waals surface area contributed by atoms with Crippen LogP contribution in [-0.2, 0) is 11.3 Å². The van der Waals surface area contributed by atoms with E-state index in [1.54, 1.807) is 0 Å². The minimum absolute atomic E-state index is 0.0200. The van der Waals surface area contributed by atoms with Gasteiger partial charge in [-0.1, -0.05) is 23.7 Å². The van der Waals surface area contributed by atoms with Crippen molar-refractivity contribution < 1.29 is 9.53 Å². The Balaban J connectivity index is 1.43. The molecule has 4 nitrogen and oxygen atoms in total. The summed E-state index contributed by atoms with van der Waals surface area (Å²) in [6, 6.07) is 15.5. The Morgan fingerprint density at radius 3 is 2.46 bits per heavy atom. The molecule has 0 spiro atoms. The zero-order chi connectivity index (χ0) is 19.9. The fraction of sp³-hybridized carbons (Fsp3) is 0.409. The summed E-state index contributed by atoms with van der Waals surface area (Å²) < 4.78 is 6.07. The zero-order valence-corrected chi connectivity index (χ0v) is 17.9. The molecule has 1 amide bonds. The Hall–Kier alpha value is -1.69. The summed E-state index contributed by atoms with van der Waals surface area (Å²) in [5.41, 5.74) is 1.06. The number of hydrogen-bond acceptors (Lipinski definition) is 4. The molecule has 0 bridgehead atoms.